The van der Waals surface area contributed by atoms with E-state index >= 15 is 0 Å². The minimum Gasteiger partial charge on any atom is -0.475 e. The first kappa shape index (κ1) is 27.1. The van der Waals surface area contributed by atoms with Gasteiger partial charge in [0.25, 0.3) is 5.91 Å². The monoisotopic (exact) mass is 569 g/mol. The summed E-state index contributed by atoms with van der Waals surface area (Å²) >= 11 is 3.42. The van der Waals surface area contributed by atoms with Crippen LogP contribution in [-0.2, 0) is 9.59 Å². The van der Waals surface area contributed by atoms with E-state index in [1.165, 1.54) is 0 Å². The van der Waals surface area contributed by atoms with E-state index in [4.69, 9.17) is 15.6 Å². The Morgan fingerprint density at radius 3 is 2.39 bits per heavy atom. The van der Waals surface area contributed by atoms with E-state index in [0.29, 0.717) is 31.7 Å². The number of alkyl halides is 3. The van der Waals surface area contributed by atoms with Gasteiger partial charge >= 0.3 is 12.1 Å². The average Bonchev–Trinajstić information content (AvgIpc) is 3.17. The number of halogens is 4. The first-order valence-electron chi connectivity index (χ1n) is 10.8. The second-order valence-electron chi connectivity index (χ2n) is 7.98. The summed E-state index contributed by atoms with van der Waals surface area (Å²) in [6, 6.07) is 12.3. The van der Waals surface area contributed by atoms with Crippen molar-refractivity contribution in [2.24, 2.45) is 5.73 Å². The number of hydrogen-bond donors (Lipinski definition) is 3. The normalized spacial score (nSPS) is 15.0. The summed E-state index contributed by atoms with van der Waals surface area (Å²) in [4.78, 5) is 38.3. The second-order valence-corrected chi connectivity index (χ2v) is 8.89. The number of H-pyrrole nitrogens is 1. The number of nitrogens with zero attached hydrogens (tertiary/aromatic N) is 3. The molecule has 2 aromatic carbocycles. The zero-order valence-corrected chi connectivity index (χ0v) is 20.4. The van der Waals surface area contributed by atoms with Crippen molar-refractivity contribution in [2.45, 2.75) is 18.6 Å². The fourth-order valence-corrected chi connectivity index (χ4v) is 4.06. The van der Waals surface area contributed by atoms with Gasteiger partial charge in [-0.25, -0.2) is 4.79 Å². The summed E-state index contributed by atoms with van der Waals surface area (Å²) in [6.07, 6.45) is -2.66. The van der Waals surface area contributed by atoms with Crippen molar-refractivity contribution in [1.29, 1.82) is 0 Å². The number of aromatic amines is 1. The molecule has 1 aliphatic heterocycles. The third-order valence-corrected chi connectivity index (χ3v) is 5.99. The summed E-state index contributed by atoms with van der Waals surface area (Å²) in [7, 11) is 0. The SMILES string of the molecule is NC(C(=O)N1CCCN(C(=O)c2ccc3[nH]ncc3c2)CC1)c1cccc(Br)c1.O=C(O)C(F)(F)F. The molecule has 0 spiro atoms. The Hall–Kier alpha value is -3.45. The van der Waals surface area contributed by atoms with Crippen molar-refractivity contribution in [3.8, 4) is 0 Å². The van der Waals surface area contributed by atoms with Crippen LogP contribution in [-0.4, -0.2) is 75.2 Å². The second kappa shape index (κ2) is 11.5. The van der Waals surface area contributed by atoms with Crippen LogP contribution in [0.15, 0.2) is 53.1 Å². The standard InChI is InChI=1S/C21H22BrN5O2.C2HF3O2/c22-17-4-1-3-14(12-17)19(23)21(29)27-8-2-7-26(9-10-27)20(28)15-5-6-18-16(11-15)13-24-25-18;3-2(4,5)1(6)7/h1,3-6,11-13,19H,2,7-10,23H2,(H,24,25);(H,6,7). The molecule has 0 saturated carbocycles. The molecule has 9 nitrogen and oxygen atoms in total. The molecular weight excluding hydrogens is 547 g/mol. The summed E-state index contributed by atoms with van der Waals surface area (Å²) in [5, 5.41) is 14.9. The molecule has 1 aromatic heterocycles. The van der Waals surface area contributed by atoms with Gasteiger partial charge in [-0.3, -0.25) is 14.7 Å². The molecule has 1 aliphatic rings. The van der Waals surface area contributed by atoms with Gasteiger partial charge in [0.2, 0.25) is 5.91 Å². The molecule has 2 heterocycles. The van der Waals surface area contributed by atoms with E-state index in [2.05, 4.69) is 26.1 Å². The summed E-state index contributed by atoms with van der Waals surface area (Å²) < 4.78 is 32.6. The number of carbonyl (C=O) groups excluding carboxylic acids is 2. The van der Waals surface area contributed by atoms with Gasteiger partial charge in [0.1, 0.15) is 6.04 Å². The number of aromatic nitrogens is 2. The maximum atomic E-state index is 12.9. The number of rotatable bonds is 3. The van der Waals surface area contributed by atoms with Gasteiger partial charge in [-0.1, -0.05) is 28.1 Å². The topological polar surface area (TPSA) is 133 Å². The summed E-state index contributed by atoms with van der Waals surface area (Å²) in [6.45, 7) is 2.16. The minimum absolute atomic E-state index is 0.0290. The molecular formula is C23H23BrF3N5O4. The van der Waals surface area contributed by atoms with Crippen molar-refractivity contribution in [2.75, 3.05) is 26.2 Å². The molecule has 192 valence electrons. The molecule has 0 bridgehead atoms. The molecule has 3 aromatic rings. The van der Waals surface area contributed by atoms with Gasteiger partial charge in [-0.2, -0.15) is 18.3 Å². The lowest BCUT2D eigenvalue weighted by Crippen LogP contribution is -2.41. The van der Waals surface area contributed by atoms with Crippen LogP contribution in [0.3, 0.4) is 0 Å². The molecule has 0 aliphatic carbocycles. The maximum absolute atomic E-state index is 12.9. The number of benzene rings is 2. The Morgan fingerprint density at radius 1 is 1.06 bits per heavy atom. The van der Waals surface area contributed by atoms with Crippen LogP contribution in [0.25, 0.3) is 10.9 Å². The molecule has 4 rings (SSSR count). The Bertz CT molecular complexity index is 1250. The fourth-order valence-electron chi connectivity index (χ4n) is 3.64. The van der Waals surface area contributed by atoms with Crippen molar-refractivity contribution < 1.29 is 32.7 Å². The molecule has 13 heteroatoms. The zero-order chi connectivity index (χ0) is 26.5. The van der Waals surface area contributed by atoms with Crippen molar-refractivity contribution in [3.05, 3.63) is 64.3 Å². The van der Waals surface area contributed by atoms with Crippen molar-refractivity contribution in [3.63, 3.8) is 0 Å². The zero-order valence-electron chi connectivity index (χ0n) is 18.8. The third kappa shape index (κ3) is 6.82. The predicted octanol–water partition coefficient (Wildman–Crippen LogP) is 3.33. The molecule has 2 amide bonds. The summed E-state index contributed by atoms with van der Waals surface area (Å²) in [5.41, 5.74) is 8.52. The first-order valence-corrected chi connectivity index (χ1v) is 11.6. The number of amides is 2. The highest BCUT2D eigenvalue weighted by Crippen LogP contribution is 2.20. The molecule has 4 N–H and O–H groups in total. The number of fused-ring (bicyclic) bond motifs is 1. The van der Waals surface area contributed by atoms with E-state index in [1.54, 1.807) is 22.1 Å². The largest absolute Gasteiger partial charge is 0.490 e. The quantitative estimate of drug-likeness (QED) is 0.443. The Morgan fingerprint density at radius 2 is 1.72 bits per heavy atom. The highest BCUT2D eigenvalue weighted by atomic mass is 79.9. The van der Waals surface area contributed by atoms with E-state index in [0.717, 1.165) is 27.4 Å². The van der Waals surface area contributed by atoms with E-state index in [9.17, 15) is 22.8 Å². The molecule has 1 unspecified atom stereocenters. The van der Waals surface area contributed by atoms with Crippen LogP contribution < -0.4 is 5.73 Å². The lowest BCUT2D eigenvalue weighted by molar-refractivity contribution is -0.192. The Labute approximate surface area is 212 Å². The van der Waals surface area contributed by atoms with Crippen LogP contribution in [0, 0.1) is 0 Å². The third-order valence-electron chi connectivity index (χ3n) is 5.50. The van der Waals surface area contributed by atoms with Crippen LogP contribution >= 0.6 is 15.9 Å². The number of hydrogen-bond acceptors (Lipinski definition) is 5. The number of nitrogens with two attached hydrogens (primary N) is 1. The number of carboxylic acid groups (broad SMARTS) is 1. The number of aliphatic carboxylic acids is 1. The molecule has 1 atom stereocenters. The van der Waals surface area contributed by atoms with E-state index in [-0.39, 0.29) is 11.8 Å². The van der Waals surface area contributed by atoms with Gasteiger partial charge in [0.05, 0.1) is 11.7 Å². The number of carbonyl (C=O) groups is 3. The van der Waals surface area contributed by atoms with Gasteiger partial charge in [0.15, 0.2) is 0 Å². The first-order chi connectivity index (χ1) is 17.0. The maximum Gasteiger partial charge on any atom is 0.490 e. The molecule has 1 saturated heterocycles. The lowest BCUT2D eigenvalue weighted by atomic mass is 10.1. The van der Waals surface area contributed by atoms with Crippen molar-refractivity contribution >= 4 is 44.6 Å². The van der Waals surface area contributed by atoms with Crippen LogP contribution in [0.2, 0.25) is 0 Å². The lowest BCUT2D eigenvalue weighted by Gasteiger charge is -2.25. The van der Waals surface area contributed by atoms with Crippen LogP contribution in [0.1, 0.15) is 28.4 Å². The Kier molecular flexibility index (Phi) is 8.69. The highest BCUT2D eigenvalue weighted by molar-refractivity contribution is 9.10. The highest BCUT2D eigenvalue weighted by Gasteiger charge is 2.38. The number of nitrogens with one attached hydrogen (secondary N) is 1. The van der Waals surface area contributed by atoms with Crippen LogP contribution in [0.5, 0.6) is 0 Å². The predicted molar refractivity (Wildman–Crippen MR) is 128 cm³/mol. The summed E-state index contributed by atoms with van der Waals surface area (Å²) in [5.74, 6) is -2.90. The van der Waals surface area contributed by atoms with Crippen LogP contribution in [0.4, 0.5) is 13.2 Å². The molecule has 1 fully saturated rings. The van der Waals surface area contributed by atoms with Gasteiger partial charge in [-0.15, -0.1) is 0 Å². The van der Waals surface area contributed by atoms with Crippen molar-refractivity contribution in [1.82, 2.24) is 20.0 Å². The van der Waals surface area contributed by atoms with Gasteiger partial charge in [-0.05, 0) is 42.3 Å². The van der Waals surface area contributed by atoms with E-state index in [1.807, 2.05) is 36.4 Å². The minimum atomic E-state index is -5.08. The average molecular weight is 570 g/mol. The van der Waals surface area contributed by atoms with Gasteiger partial charge in [0, 0.05) is 41.6 Å². The van der Waals surface area contributed by atoms with Gasteiger partial charge < -0.3 is 20.6 Å². The Balaban J connectivity index is 0.000000454. The number of carboxylic acids is 1. The molecule has 36 heavy (non-hydrogen) atoms. The smallest absolute Gasteiger partial charge is 0.475 e. The molecule has 0 radical (unpaired) electrons. The van der Waals surface area contributed by atoms with E-state index < -0.39 is 18.2 Å². The fraction of sp³-hybridized carbons (Fsp3) is 0.304.